The average Bonchev–Trinajstić information content (AvgIpc) is 2.96. The summed E-state index contributed by atoms with van der Waals surface area (Å²) < 4.78 is 0. The van der Waals surface area contributed by atoms with Gasteiger partial charge in [0.2, 0.25) is 0 Å². The Balaban J connectivity index is 1.37. The summed E-state index contributed by atoms with van der Waals surface area (Å²) >= 11 is 0. The van der Waals surface area contributed by atoms with Crippen molar-refractivity contribution in [2.75, 3.05) is 0 Å². The highest BCUT2D eigenvalue weighted by molar-refractivity contribution is 5.33. The van der Waals surface area contributed by atoms with Crippen LogP contribution in [0.2, 0.25) is 0 Å². The van der Waals surface area contributed by atoms with Crippen molar-refractivity contribution in [2.45, 2.75) is 124 Å². The molecule has 5 aliphatic rings. The molecular formula is C38H55N. The maximum absolute atomic E-state index is 2.76. The Morgan fingerprint density at radius 2 is 1.62 bits per heavy atom. The lowest BCUT2D eigenvalue weighted by atomic mass is 9.73. The molecule has 0 saturated heterocycles. The summed E-state index contributed by atoms with van der Waals surface area (Å²) in [6.07, 6.45) is 43.0. The number of allylic oxidation sites excluding steroid dienone is 13. The summed E-state index contributed by atoms with van der Waals surface area (Å²) in [4.78, 5) is 2.76. The van der Waals surface area contributed by atoms with Gasteiger partial charge in [-0.15, -0.1) is 0 Å². The van der Waals surface area contributed by atoms with Crippen LogP contribution in [0.4, 0.5) is 0 Å². The summed E-state index contributed by atoms with van der Waals surface area (Å²) in [7, 11) is 0. The van der Waals surface area contributed by atoms with Gasteiger partial charge in [-0.25, -0.2) is 0 Å². The molecule has 212 valence electrons. The average molecular weight is 526 g/mol. The zero-order valence-electron chi connectivity index (χ0n) is 25.5. The first-order valence-corrected chi connectivity index (χ1v) is 16.4. The second-order valence-corrected chi connectivity index (χ2v) is 14.3. The number of hydrogen-bond donors (Lipinski definition) is 0. The molecule has 5 atom stereocenters. The Kier molecular flexibility index (Phi) is 9.57. The van der Waals surface area contributed by atoms with Crippen LogP contribution in [0.1, 0.15) is 118 Å². The molecule has 0 aromatic rings. The van der Waals surface area contributed by atoms with Crippen LogP contribution < -0.4 is 0 Å². The van der Waals surface area contributed by atoms with Crippen LogP contribution in [-0.4, -0.2) is 10.9 Å². The van der Waals surface area contributed by atoms with E-state index in [9.17, 15) is 0 Å². The molecule has 0 aliphatic heterocycles. The maximum Gasteiger partial charge on any atom is 0.0516 e. The van der Waals surface area contributed by atoms with E-state index in [0.717, 1.165) is 17.8 Å². The van der Waals surface area contributed by atoms with E-state index in [1.807, 2.05) is 0 Å². The molecule has 0 radical (unpaired) electrons. The van der Waals surface area contributed by atoms with E-state index in [2.05, 4.69) is 93.4 Å². The molecule has 0 spiro atoms. The molecule has 39 heavy (non-hydrogen) atoms. The fraction of sp³-hybridized carbons (Fsp3) is 0.632. The monoisotopic (exact) mass is 525 g/mol. The van der Waals surface area contributed by atoms with Gasteiger partial charge in [-0.2, -0.15) is 0 Å². The number of rotatable bonds is 8. The summed E-state index contributed by atoms with van der Waals surface area (Å²) in [6, 6.07) is 0.500. The summed E-state index contributed by atoms with van der Waals surface area (Å²) in [6.45, 7) is 9.48. The third-order valence-electron chi connectivity index (χ3n) is 10.5. The normalized spacial score (nSPS) is 30.3. The molecule has 1 nitrogen and oxygen atoms in total. The minimum absolute atomic E-state index is 0.356. The topological polar surface area (TPSA) is 3.24 Å². The number of nitrogens with zero attached hydrogens (tertiary/aromatic N) is 1. The maximum atomic E-state index is 2.76. The van der Waals surface area contributed by atoms with Gasteiger partial charge in [-0.1, -0.05) is 80.5 Å². The van der Waals surface area contributed by atoms with Crippen LogP contribution in [0.3, 0.4) is 0 Å². The SMILES string of the molecule is CC1=CC=C(N(C2=CC=C(C(CC[C@H]3C=CCCC3)C3CC=CCC3)CC2)C2C=CC(C(C)(C)C)CC2)CC1. The fourth-order valence-electron chi connectivity index (χ4n) is 7.86. The van der Waals surface area contributed by atoms with Crippen molar-refractivity contribution in [1.29, 1.82) is 0 Å². The molecular weight excluding hydrogens is 470 g/mol. The highest BCUT2D eigenvalue weighted by atomic mass is 15.2. The van der Waals surface area contributed by atoms with Gasteiger partial charge in [-0.3, -0.25) is 0 Å². The predicted molar refractivity (Wildman–Crippen MR) is 169 cm³/mol. The Morgan fingerprint density at radius 1 is 0.795 bits per heavy atom. The van der Waals surface area contributed by atoms with Crippen LogP contribution in [0.15, 0.2) is 83.3 Å². The van der Waals surface area contributed by atoms with Gasteiger partial charge in [0, 0.05) is 11.4 Å². The number of hydrogen-bond acceptors (Lipinski definition) is 1. The molecule has 4 unspecified atom stereocenters. The first-order chi connectivity index (χ1) is 18.9. The quantitative estimate of drug-likeness (QED) is 0.285. The third kappa shape index (κ3) is 7.39. The first-order valence-electron chi connectivity index (χ1n) is 16.4. The van der Waals surface area contributed by atoms with E-state index in [4.69, 9.17) is 0 Å². The molecule has 5 rings (SSSR count). The van der Waals surface area contributed by atoms with E-state index in [1.54, 1.807) is 11.3 Å². The van der Waals surface area contributed by atoms with Crippen molar-refractivity contribution in [3.8, 4) is 0 Å². The van der Waals surface area contributed by atoms with E-state index >= 15 is 0 Å². The van der Waals surface area contributed by atoms with Crippen LogP contribution in [0, 0.1) is 29.1 Å². The van der Waals surface area contributed by atoms with Gasteiger partial charge >= 0.3 is 0 Å². The minimum atomic E-state index is 0.356. The molecule has 1 heteroatoms. The Labute approximate surface area is 240 Å². The second-order valence-electron chi connectivity index (χ2n) is 14.3. The van der Waals surface area contributed by atoms with Crippen molar-refractivity contribution in [3.05, 3.63) is 83.3 Å². The summed E-state index contributed by atoms with van der Waals surface area (Å²) in [5.74, 6) is 3.10. The van der Waals surface area contributed by atoms with Crippen molar-refractivity contribution in [2.24, 2.45) is 29.1 Å². The highest BCUT2D eigenvalue weighted by Crippen LogP contribution is 2.42. The zero-order chi connectivity index (χ0) is 27.2. The smallest absolute Gasteiger partial charge is 0.0516 e. The first kappa shape index (κ1) is 28.5. The zero-order valence-corrected chi connectivity index (χ0v) is 25.5. The molecule has 0 bridgehead atoms. The van der Waals surface area contributed by atoms with E-state index in [-0.39, 0.29) is 0 Å². The van der Waals surface area contributed by atoms with Gasteiger partial charge in [0.1, 0.15) is 0 Å². The van der Waals surface area contributed by atoms with Gasteiger partial charge in [0.15, 0.2) is 0 Å². The van der Waals surface area contributed by atoms with Gasteiger partial charge < -0.3 is 4.90 Å². The van der Waals surface area contributed by atoms with Gasteiger partial charge in [0.25, 0.3) is 0 Å². The van der Waals surface area contributed by atoms with Crippen LogP contribution in [0.25, 0.3) is 0 Å². The van der Waals surface area contributed by atoms with E-state index in [0.29, 0.717) is 17.4 Å². The lowest BCUT2D eigenvalue weighted by molar-refractivity contribution is 0.227. The van der Waals surface area contributed by atoms with E-state index in [1.165, 1.54) is 101 Å². The molecule has 0 aromatic carbocycles. The van der Waals surface area contributed by atoms with Crippen LogP contribution in [0.5, 0.6) is 0 Å². The minimum Gasteiger partial charge on any atom is -0.342 e. The van der Waals surface area contributed by atoms with Gasteiger partial charge in [-0.05, 0) is 138 Å². The third-order valence-corrected chi connectivity index (χ3v) is 10.5. The van der Waals surface area contributed by atoms with Crippen LogP contribution in [-0.2, 0) is 0 Å². The highest BCUT2D eigenvalue weighted by Gasteiger charge is 2.32. The molecule has 0 saturated carbocycles. The second kappa shape index (κ2) is 13.1. The Bertz CT molecular complexity index is 1050. The standard InChI is InChI=1S/C38H55N/c1-29-15-22-34(23-16-29)39(36-26-20-33(21-27-36)38(2,3)4)35-24-18-32(19-25-35)37(31-13-9-6-10-14-31)28-17-30-11-7-5-8-12-30/h6-7,9,11,15,18,20,22,24,26,30-31,33,36-37H,5,8,10,12-14,16-17,19,21,23,25,27-28H2,1-4H3/t30-,31?,33?,36?,37?/m0/s1. The molecule has 0 heterocycles. The van der Waals surface area contributed by atoms with Crippen molar-refractivity contribution in [3.63, 3.8) is 0 Å². The lowest BCUT2D eigenvalue weighted by Crippen LogP contribution is -2.37. The Hall–Kier alpha value is -2.02. The van der Waals surface area contributed by atoms with Crippen LogP contribution >= 0.6 is 0 Å². The Morgan fingerprint density at radius 3 is 2.21 bits per heavy atom. The van der Waals surface area contributed by atoms with Crippen molar-refractivity contribution < 1.29 is 0 Å². The summed E-state index contributed by atoms with van der Waals surface area (Å²) in [5.41, 5.74) is 6.71. The molecule has 0 N–H and O–H groups in total. The predicted octanol–water partition coefficient (Wildman–Crippen LogP) is 11.0. The van der Waals surface area contributed by atoms with E-state index < -0.39 is 0 Å². The molecule has 0 fully saturated rings. The fourth-order valence-corrected chi connectivity index (χ4v) is 7.86. The summed E-state index contributed by atoms with van der Waals surface area (Å²) in [5, 5.41) is 0. The lowest BCUT2D eigenvalue weighted by Gasteiger charge is -2.42. The van der Waals surface area contributed by atoms with Crippen molar-refractivity contribution in [1.82, 2.24) is 4.90 Å². The molecule has 0 aromatic heterocycles. The molecule has 5 aliphatic carbocycles. The molecule has 0 amide bonds. The van der Waals surface area contributed by atoms with Crippen molar-refractivity contribution >= 4 is 0 Å². The van der Waals surface area contributed by atoms with Gasteiger partial charge in [0.05, 0.1) is 6.04 Å². The largest absolute Gasteiger partial charge is 0.342 e.